The fraction of sp³-hybridized carbons (Fsp3) is 0.156. The van der Waals surface area contributed by atoms with Crippen molar-refractivity contribution in [2.75, 3.05) is 18.0 Å². The minimum Gasteiger partial charge on any atom is -0.370 e. The quantitative estimate of drug-likeness (QED) is 0.175. The van der Waals surface area contributed by atoms with Crippen LogP contribution in [0.25, 0.3) is 33.3 Å². The van der Waals surface area contributed by atoms with Crippen LogP contribution >= 0.6 is 0 Å². The summed E-state index contributed by atoms with van der Waals surface area (Å²) in [5, 5.41) is 8.27. The van der Waals surface area contributed by atoms with E-state index in [-0.39, 0.29) is 5.69 Å². The summed E-state index contributed by atoms with van der Waals surface area (Å²) in [4.78, 5) is 11.5. The largest absolute Gasteiger partial charge is 0.416 e. The first kappa shape index (κ1) is 25.6. The monoisotopic (exact) mass is 537 g/mol. The lowest BCUT2D eigenvalue weighted by molar-refractivity contribution is -0.137. The van der Waals surface area contributed by atoms with Gasteiger partial charge in [0.15, 0.2) is 5.82 Å². The molecule has 40 heavy (non-hydrogen) atoms. The molecule has 2 heterocycles. The average molecular weight is 538 g/mol. The molecule has 1 aromatic heterocycles. The Labute approximate surface area is 229 Å². The zero-order chi connectivity index (χ0) is 27.7. The van der Waals surface area contributed by atoms with Crippen molar-refractivity contribution < 1.29 is 13.2 Å². The zero-order valence-electron chi connectivity index (χ0n) is 21.6. The summed E-state index contributed by atoms with van der Waals surface area (Å²) in [6.45, 7) is 1.54. The highest BCUT2D eigenvalue weighted by Crippen LogP contribution is 2.39. The van der Waals surface area contributed by atoms with E-state index < -0.39 is 11.7 Å². The molecule has 0 saturated carbocycles. The van der Waals surface area contributed by atoms with E-state index in [1.807, 2.05) is 72.8 Å². The number of nitrogens with one attached hydrogen (secondary N) is 1. The number of hydrogen-bond acceptors (Lipinski definition) is 4. The summed E-state index contributed by atoms with van der Waals surface area (Å²) in [6.07, 6.45) is 0.122. The minimum absolute atomic E-state index is 0.229. The van der Waals surface area contributed by atoms with Crippen LogP contribution in [0, 0.1) is 5.41 Å². The fourth-order valence-corrected chi connectivity index (χ4v) is 5.30. The summed E-state index contributed by atoms with van der Waals surface area (Å²) in [5.41, 5.74) is 5.27. The van der Waals surface area contributed by atoms with Gasteiger partial charge in [0.2, 0.25) is 0 Å². The molecule has 0 atom stereocenters. The van der Waals surface area contributed by atoms with E-state index in [4.69, 9.17) is 10.4 Å². The highest BCUT2D eigenvalue weighted by atomic mass is 19.4. The summed E-state index contributed by atoms with van der Waals surface area (Å²) in [5.74, 6) is 0.357. The number of benzene rings is 4. The van der Waals surface area contributed by atoms with Crippen LogP contribution < -0.4 is 4.90 Å². The highest BCUT2D eigenvalue weighted by Gasteiger charge is 2.31. The van der Waals surface area contributed by atoms with Crippen molar-refractivity contribution in [2.24, 2.45) is 4.99 Å². The van der Waals surface area contributed by atoms with Crippen molar-refractivity contribution in [3.63, 3.8) is 0 Å². The van der Waals surface area contributed by atoms with E-state index in [2.05, 4.69) is 9.89 Å². The number of imidazole rings is 1. The molecule has 0 bridgehead atoms. The van der Waals surface area contributed by atoms with E-state index in [0.29, 0.717) is 17.0 Å². The predicted molar refractivity (Wildman–Crippen MR) is 155 cm³/mol. The molecule has 8 heteroatoms. The molecule has 5 aromatic rings. The van der Waals surface area contributed by atoms with Crippen molar-refractivity contribution in [3.8, 4) is 22.3 Å². The molecule has 1 saturated heterocycles. The number of halogens is 3. The number of hydrogen-bond donors (Lipinski definition) is 1. The van der Waals surface area contributed by atoms with Crippen LogP contribution in [0.5, 0.6) is 0 Å². The third kappa shape index (κ3) is 4.77. The summed E-state index contributed by atoms with van der Waals surface area (Å²) in [7, 11) is 0. The number of fused-ring (bicyclic) bond motifs is 1. The molecule has 1 aliphatic rings. The Morgan fingerprint density at radius 2 is 1.43 bits per heavy atom. The lowest BCUT2D eigenvalue weighted by Gasteiger charge is -2.20. The molecule has 0 spiro atoms. The lowest BCUT2D eigenvalue weighted by Crippen LogP contribution is -2.18. The topological polar surface area (TPSA) is 57.3 Å². The van der Waals surface area contributed by atoms with Crippen molar-refractivity contribution in [1.29, 1.82) is 5.41 Å². The van der Waals surface area contributed by atoms with Crippen molar-refractivity contribution in [1.82, 2.24) is 9.55 Å². The molecular formula is C32H26F3N5. The average Bonchev–Trinajstić information content (AvgIpc) is 3.64. The van der Waals surface area contributed by atoms with Crippen molar-refractivity contribution >= 4 is 35.0 Å². The first-order chi connectivity index (χ1) is 19.4. The van der Waals surface area contributed by atoms with Crippen molar-refractivity contribution in [2.45, 2.75) is 19.0 Å². The maximum Gasteiger partial charge on any atom is 0.416 e. The lowest BCUT2D eigenvalue weighted by atomic mass is 9.98. The smallest absolute Gasteiger partial charge is 0.370 e. The predicted octanol–water partition coefficient (Wildman–Crippen LogP) is 8.20. The standard InChI is InChI=1S/C32H26F3N5/c33-32(34,35)24-13-16-28(39-17-7-8-18-39)27(19-24)37-20-29-38-30-25(22-9-3-1-4-10-22)14-15-26(31(30)40(29)21-36)23-11-5-2-6-12-23/h1-6,9-16,19-21,36H,7-8,17-18H2. The Morgan fingerprint density at radius 3 is 2.05 bits per heavy atom. The molecule has 0 aliphatic carbocycles. The maximum absolute atomic E-state index is 13.6. The number of anilines is 1. The minimum atomic E-state index is -4.48. The van der Waals surface area contributed by atoms with Gasteiger partial charge in [0.1, 0.15) is 0 Å². The van der Waals surface area contributed by atoms with E-state index in [0.717, 1.165) is 65.8 Å². The van der Waals surface area contributed by atoms with Gasteiger partial charge in [-0.15, -0.1) is 0 Å². The third-order valence-electron chi connectivity index (χ3n) is 7.23. The highest BCUT2D eigenvalue weighted by molar-refractivity contribution is 6.06. The van der Waals surface area contributed by atoms with E-state index in [1.165, 1.54) is 18.6 Å². The second-order valence-electron chi connectivity index (χ2n) is 9.71. The zero-order valence-corrected chi connectivity index (χ0v) is 21.6. The first-order valence-electron chi connectivity index (χ1n) is 13.1. The van der Waals surface area contributed by atoms with Gasteiger partial charge < -0.3 is 4.90 Å². The van der Waals surface area contributed by atoms with Gasteiger partial charge in [-0.25, -0.2) is 4.98 Å². The second-order valence-corrected chi connectivity index (χ2v) is 9.71. The van der Waals surface area contributed by atoms with Gasteiger partial charge in [-0.2, -0.15) is 13.2 Å². The van der Waals surface area contributed by atoms with E-state index in [9.17, 15) is 13.2 Å². The van der Waals surface area contributed by atoms with Gasteiger partial charge in [0.05, 0.1) is 40.5 Å². The summed E-state index contributed by atoms with van der Waals surface area (Å²) >= 11 is 0. The molecular weight excluding hydrogens is 511 g/mol. The summed E-state index contributed by atoms with van der Waals surface area (Å²) in [6, 6.07) is 27.4. The van der Waals surface area contributed by atoms with Crippen LogP contribution in [0.4, 0.5) is 24.5 Å². The SMILES string of the molecule is N=Cn1c(C=Nc2cc(C(F)(F)F)ccc2N2CCCC2)nc2c(-c3ccccc3)ccc(-c3ccccc3)c21. The Balaban J connectivity index is 1.54. The van der Waals surface area contributed by atoms with Gasteiger partial charge in [0.25, 0.3) is 0 Å². The van der Waals surface area contributed by atoms with Gasteiger partial charge in [-0.3, -0.25) is 15.0 Å². The number of nitrogens with zero attached hydrogens (tertiary/aromatic N) is 4. The Morgan fingerprint density at radius 1 is 0.800 bits per heavy atom. The third-order valence-corrected chi connectivity index (χ3v) is 7.23. The Kier molecular flexibility index (Phi) is 6.67. The van der Waals surface area contributed by atoms with Gasteiger partial charge in [-0.05, 0) is 42.2 Å². The molecule has 1 fully saturated rings. The van der Waals surface area contributed by atoms with Crippen LogP contribution in [0.2, 0.25) is 0 Å². The first-order valence-corrected chi connectivity index (χ1v) is 13.1. The van der Waals surface area contributed by atoms with E-state index in [1.54, 1.807) is 4.57 Å². The maximum atomic E-state index is 13.6. The molecule has 0 unspecified atom stereocenters. The van der Waals surface area contributed by atoms with Gasteiger partial charge in [-0.1, -0.05) is 72.8 Å². The molecule has 200 valence electrons. The molecule has 5 nitrogen and oxygen atoms in total. The van der Waals surface area contributed by atoms with Crippen LogP contribution in [-0.4, -0.2) is 35.2 Å². The van der Waals surface area contributed by atoms with Gasteiger partial charge in [0, 0.05) is 24.2 Å². The van der Waals surface area contributed by atoms with E-state index >= 15 is 0 Å². The molecule has 0 amide bonds. The number of alkyl halides is 3. The Bertz CT molecular complexity index is 1700. The molecule has 0 radical (unpaired) electrons. The molecule has 4 aromatic carbocycles. The van der Waals surface area contributed by atoms with Gasteiger partial charge >= 0.3 is 6.18 Å². The van der Waals surface area contributed by atoms with Crippen LogP contribution in [0.15, 0.2) is 96.0 Å². The molecule has 6 rings (SSSR count). The molecule has 1 N–H and O–H groups in total. The van der Waals surface area contributed by atoms with Crippen molar-refractivity contribution in [3.05, 3.63) is 102 Å². The van der Waals surface area contributed by atoms with Crippen LogP contribution in [-0.2, 0) is 6.18 Å². The number of aliphatic imine (C=N–C) groups is 1. The van der Waals surface area contributed by atoms with Crippen LogP contribution in [0.1, 0.15) is 24.2 Å². The fourth-order valence-electron chi connectivity index (χ4n) is 5.30. The number of rotatable bonds is 6. The molecule has 1 aliphatic heterocycles. The van der Waals surface area contributed by atoms with Crippen LogP contribution in [0.3, 0.4) is 0 Å². The Hall–Kier alpha value is -4.72. The normalized spacial score (nSPS) is 13.9. The second kappa shape index (κ2) is 10.4. The summed E-state index contributed by atoms with van der Waals surface area (Å²) < 4.78 is 42.4. The number of aromatic nitrogens is 2.